The number of esters is 1. The number of carbonyl (C=O) groups is 2. The minimum atomic E-state index is -0.390. The Bertz CT molecular complexity index is 796. The summed E-state index contributed by atoms with van der Waals surface area (Å²) < 4.78 is 10.1. The highest BCUT2D eigenvalue weighted by Gasteiger charge is 2.13. The number of hydrogen-bond acceptors (Lipinski definition) is 4. The lowest BCUT2D eigenvalue weighted by Crippen LogP contribution is -2.24. The van der Waals surface area contributed by atoms with Crippen LogP contribution in [0.5, 0.6) is 5.75 Å². The average Bonchev–Trinajstić information content (AvgIpc) is 2.71. The molecule has 0 atom stereocenters. The molecule has 1 N–H and O–H groups in total. The van der Waals surface area contributed by atoms with E-state index in [4.69, 9.17) is 9.47 Å². The number of carbonyl (C=O) groups excluding carboxylic acids is 2. The lowest BCUT2D eigenvalue weighted by atomic mass is 10.00. The Kier molecular flexibility index (Phi) is 7.62. The first-order valence-electron chi connectivity index (χ1n) is 8.89. The molecule has 0 fully saturated rings. The van der Waals surface area contributed by atoms with Crippen LogP contribution in [0.3, 0.4) is 0 Å². The van der Waals surface area contributed by atoms with Gasteiger partial charge >= 0.3 is 5.97 Å². The third-order valence-corrected chi connectivity index (χ3v) is 4.13. The summed E-state index contributed by atoms with van der Waals surface area (Å²) in [6, 6.07) is 14.9. The van der Waals surface area contributed by atoms with E-state index in [1.165, 1.54) is 0 Å². The zero-order valence-corrected chi connectivity index (χ0v) is 15.8. The van der Waals surface area contributed by atoms with Gasteiger partial charge in [-0.1, -0.05) is 36.9 Å². The molecule has 0 aliphatic carbocycles. The van der Waals surface area contributed by atoms with Crippen molar-refractivity contribution in [2.75, 3.05) is 13.7 Å². The SMILES string of the molecule is C=C(CCc1ccccc1C(=O)NCc1ccc(OC)cc1)C(=O)OCC. The summed E-state index contributed by atoms with van der Waals surface area (Å²) in [4.78, 5) is 24.3. The Morgan fingerprint density at radius 2 is 1.78 bits per heavy atom. The normalized spacial score (nSPS) is 10.1. The van der Waals surface area contributed by atoms with Crippen LogP contribution in [-0.2, 0) is 22.5 Å². The van der Waals surface area contributed by atoms with Crippen molar-refractivity contribution in [1.29, 1.82) is 0 Å². The van der Waals surface area contributed by atoms with Crippen LogP contribution in [0, 0.1) is 0 Å². The molecule has 2 aromatic rings. The quantitative estimate of drug-likeness (QED) is 0.542. The fourth-order valence-corrected chi connectivity index (χ4v) is 2.60. The molecule has 0 unspecified atom stereocenters. The molecule has 27 heavy (non-hydrogen) atoms. The Hall–Kier alpha value is -3.08. The van der Waals surface area contributed by atoms with Crippen LogP contribution in [0.2, 0.25) is 0 Å². The third-order valence-electron chi connectivity index (χ3n) is 4.13. The second-order valence-electron chi connectivity index (χ2n) is 6.01. The first-order chi connectivity index (χ1) is 13.0. The van der Waals surface area contributed by atoms with E-state index in [1.54, 1.807) is 20.1 Å². The molecule has 0 radical (unpaired) electrons. The number of hydrogen-bond donors (Lipinski definition) is 1. The van der Waals surface area contributed by atoms with E-state index in [0.29, 0.717) is 37.1 Å². The molecule has 0 heterocycles. The highest BCUT2D eigenvalue weighted by Crippen LogP contribution is 2.15. The van der Waals surface area contributed by atoms with Gasteiger partial charge in [0.05, 0.1) is 13.7 Å². The van der Waals surface area contributed by atoms with Gasteiger partial charge in [-0.05, 0) is 49.1 Å². The van der Waals surface area contributed by atoms with Crippen molar-refractivity contribution < 1.29 is 19.1 Å². The molecule has 2 aromatic carbocycles. The first-order valence-corrected chi connectivity index (χ1v) is 8.89. The third kappa shape index (κ3) is 5.99. The molecule has 5 heteroatoms. The van der Waals surface area contributed by atoms with Gasteiger partial charge in [-0.15, -0.1) is 0 Å². The molecule has 0 spiro atoms. The Morgan fingerprint density at radius 3 is 2.44 bits per heavy atom. The molecule has 0 aromatic heterocycles. The smallest absolute Gasteiger partial charge is 0.333 e. The summed E-state index contributed by atoms with van der Waals surface area (Å²) in [6.07, 6.45) is 0.991. The van der Waals surface area contributed by atoms with Gasteiger partial charge in [0.25, 0.3) is 5.91 Å². The molecular weight excluding hydrogens is 342 g/mol. The maximum atomic E-state index is 12.6. The summed E-state index contributed by atoms with van der Waals surface area (Å²) >= 11 is 0. The van der Waals surface area contributed by atoms with Crippen LogP contribution < -0.4 is 10.1 Å². The van der Waals surface area contributed by atoms with Crippen molar-refractivity contribution in [2.45, 2.75) is 26.3 Å². The van der Waals surface area contributed by atoms with Crippen LogP contribution in [0.4, 0.5) is 0 Å². The predicted molar refractivity (Wildman–Crippen MR) is 105 cm³/mol. The Balaban J connectivity index is 1.97. The number of nitrogens with one attached hydrogen (secondary N) is 1. The number of rotatable bonds is 9. The molecule has 0 saturated heterocycles. The standard InChI is InChI=1S/C22H25NO4/c1-4-27-22(25)16(2)9-12-18-7-5-6-8-20(18)21(24)23-15-17-10-13-19(26-3)14-11-17/h5-8,10-11,13-14H,2,4,9,12,15H2,1,3H3,(H,23,24). The fraction of sp³-hybridized carbons (Fsp3) is 0.273. The van der Waals surface area contributed by atoms with Crippen LogP contribution in [0.1, 0.15) is 34.8 Å². The molecule has 1 amide bonds. The van der Waals surface area contributed by atoms with E-state index < -0.39 is 0 Å². The number of benzene rings is 2. The van der Waals surface area contributed by atoms with Crippen LogP contribution in [-0.4, -0.2) is 25.6 Å². The molecule has 0 aliphatic rings. The van der Waals surface area contributed by atoms with Gasteiger partial charge in [-0.3, -0.25) is 4.79 Å². The Morgan fingerprint density at radius 1 is 1.07 bits per heavy atom. The predicted octanol–water partition coefficient (Wildman–Crippen LogP) is 3.68. The van der Waals surface area contributed by atoms with E-state index in [1.807, 2.05) is 42.5 Å². The zero-order chi connectivity index (χ0) is 19.6. The van der Waals surface area contributed by atoms with E-state index in [-0.39, 0.29) is 11.9 Å². The van der Waals surface area contributed by atoms with Crippen molar-refractivity contribution >= 4 is 11.9 Å². The minimum absolute atomic E-state index is 0.150. The highest BCUT2D eigenvalue weighted by atomic mass is 16.5. The van der Waals surface area contributed by atoms with Gasteiger partial charge in [0, 0.05) is 17.7 Å². The first kappa shape index (κ1) is 20.2. The molecule has 0 bridgehead atoms. The van der Waals surface area contributed by atoms with Gasteiger partial charge in [-0.2, -0.15) is 0 Å². The fourth-order valence-electron chi connectivity index (χ4n) is 2.60. The second kappa shape index (κ2) is 10.2. The number of methoxy groups -OCH3 is 1. The van der Waals surface area contributed by atoms with Crippen molar-refractivity contribution in [1.82, 2.24) is 5.32 Å². The summed E-state index contributed by atoms with van der Waals surface area (Å²) in [5.74, 6) is 0.236. The van der Waals surface area contributed by atoms with Gasteiger partial charge in [0.2, 0.25) is 0 Å². The van der Waals surface area contributed by atoms with Crippen molar-refractivity contribution in [2.24, 2.45) is 0 Å². The van der Waals surface area contributed by atoms with E-state index >= 15 is 0 Å². The number of amides is 1. The lowest BCUT2D eigenvalue weighted by molar-refractivity contribution is -0.138. The van der Waals surface area contributed by atoms with Gasteiger partial charge in [-0.25, -0.2) is 4.79 Å². The minimum Gasteiger partial charge on any atom is -0.497 e. The van der Waals surface area contributed by atoms with Gasteiger partial charge in [0.15, 0.2) is 0 Å². The van der Waals surface area contributed by atoms with Crippen LogP contribution in [0.15, 0.2) is 60.7 Å². The second-order valence-corrected chi connectivity index (χ2v) is 6.01. The molecule has 0 saturated carbocycles. The summed E-state index contributed by atoms with van der Waals surface area (Å²) in [7, 11) is 1.62. The van der Waals surface area contributed by atoms with E-state index in [0.717, 1.165) is 16.9 Å². The molecule has 142 valence electrons. The average molecular weight is 367 g/mol. The van der Waals surface area contributed by atoms with Gasteiger partial charge < -0.3 is 14.8 Å². The van der Waals surface area contributed by atoms with E-state index in [9.17, 15) is 9.59 Å². The topological polar surface area (TPSA) is 64.6 Å². The summed E-state index contributed by atoms with van der Waals surface area (Å²) in [5, 5.41) is 2.93. The van der Waals surface area contributed by atoms with E-state index in [2.05, 4.69) is 11.9 Å². The van der Waals surface area contributed by atoms with Crippen LogP contribution >= 0.6 is 0 Å². The van der Waals surface area contributed by atoms with Crippen molar-refractivity contribution in [3.8, 4) is 5.75 Å². The molecule has 0 aliphatic heterocycles. The Labute approximate surface area is 160 Å². The summed E-state index contributed by atoms with van der Waals surface area (Å²) in [5.41, 5.74) is 2.86. The monoisotopic (exact) mass is 367 g/mol. The molecule has 5 nitrogen and oxygen atoms in total. The highest BCUT2D eigenvalue weighted by molar-refractivity contribution is 5.95. The number of aryl methyl sites for hydroxylation is 1. The largest absolute Gasteiger partial charge is 0.497 e. The van der Waals surface area contributed by atoms with Crippen molar-refractivity contribution in [3.05, 3.63) is 77.4 Å². The summed E-state index contributed by atoms with van der Waals surface area (Å²) in [6.45, 7) is 6.27. The molecule has 2 rings (SSSR count). The maximum Gasteiger partial charge on any atom is 0.333 e. The lowest BCUT2D eigenvalue weighted by Gasteiger charge is -2.11. The molecular formula is C22H25NO4. The maximum absolute atomic E-state index is 12.6. The van der Waals surface area contributed by atoms with Gasteiger partial charge in [0.1, 0.15) is 5.75 Å². The zero-order valence-electron chi connectivity index (χ0n) is 15.8. The van der Waals surface area contributed by atoms with Crippen molar-refractivity contribution in [3.63, 3.8) is 0 Å². The van der Waals surface area contributed by atoms with Crippen LogP contribution in [0.25, 0.3) is 0 Å². The number of ether oxygens (including phenoxy) is 2.